The molecule has 0 radical (unpaired) electrons. The molecule has 3 heterocycles. The number of carbonyl (C=O) groups excluding carboxylic acids is 1. The molecule has 29 heavy (non-hydrogen) atoms. The third-order valence-electron chi connectivity index (χ3n) is 5.16. The number of benzene rings is 1. The summed E-state index contributed by atoms with van der Waals surface area (Å²) in [5, 5.41) is 3.93. The maximum Gasteiger partial charge on any atom is 0.259 e. The largest absolute Gasteiger partial charge is 0.486 e. The molecule has 10 heteroatoms. The van der Waals surface area contributed by atoms with Crippen LogP contribution in [0, 0.1) is 6.92 Å². The Morgan fingerprint density at radius 1 is 1.10 bits per heavy atom. The van der Waals surface area contributed by atoms with Crippen LogP contribution in [0.1, 0.15) is 28.7 Å². The zero-order valence-corrected chi connectivity index (χ0v) is 17.2. The lowest BCUT2D eigenvalue weighted by Gasteiger charge is -2.34. The highest BCUT2D eigenvalue weighted by molar-refractivity contribution is 7.89. The van der Waals surface area contributed by atoms with Crippen molar-refractivity contribution in [3.05, 3.63) is 35.2 Å². The Balaban J connectivity index is 1.47. The second kappa shape index (κ2) is 7.68. The number of nitrogens with zero attached hydrogens (tertiary/aromatic N) is 3. The Labute approximate surface area is 169 Å². The molecule has 2 aliphatic heterocycles. The fourth-order valence-corrected chi connectivity index (χ4v) is 4.99. The molecule has 0 saturated carbocycles. The summed E-state index contributed by atoms with van der Waals surface area (Å²) in [5.41, 5.74) is 1.11. The van der Waals surface area contributed by atoms with Crippen molar-refractivity contribution in [3.63, 3.8) is 0 Å². The van der Waals surface area contributed by atoms with Crippen LogP contribution in [0.15, 0.2) is 27.6 Å². The molecule has 0 aliphatic carbocycles. The predicted molar refractivity (Wildman–Crippen MR) is 103 cm³/mol. The third kappa shape index (κ3) is 3.58. The van der Waals surface area contributed by atoms with Gasteiger partial charge in [-0.3, -0.25) is 4.79 Å². The second-order valence-corrected chi connectivity index (χ2v) is 8.85. The number of aromatic nitrogens is 1. The van der Waals surface area contributed by atoms with Crippen LogP contribution in [0.4, 0.5) is 0 Å². The van der Waals surface area contributed by atoms with Crippen molar-refractivity contribution in [2.45, 2.75) is 25.2 Å². The van der Waals surface area contributed by atoms with Crippen molar-refractivity contribution in [1.82, 2.24) is 14.4 Å². The molecule has 1 aromatic heterocycles. The summed E-state index contributed by atoms with van der Waals surface area (Å²) in [6.07, 6.45) is 0.594. The van der Waals surface area contributed by atoms with Gasteiger partial charge in [0.2, 0.25) is 10.0 Å². The average molecular weight is 421 g/mol. The van der Waals surface area contributed by atoms with E-state index in [4.69, 9.17) is 14.0 Å². The SMILES string of the molecule is CCc1noc(C)c1C(=O)N1CCN(S(=O)(=O)c2ccc3c(c2)OCCO3)CC1. The standard InChI is InChI=1S/C19H23N3O6S/c1-3-15-18(13(2)28-20-15)19(23)21-6-8-22(9-7-21)29(24,25)14-4-5-16-17(12-14)27-11-10-26-16/h4-5,12H,3,6-11H2,1-2H3. The predicted octanol–water partition coefficient (Wildman–Crippen LogP) is 1.46. The monoisotopic (exact) mass is 421 g/mol. The first-order chi connectivity index (χ1) is 13.9. The van der Waals surface area contributed by atoms with Crippen LogP contribution in [-0.2, 0) is 16.4 Å². The summed E-state index contributed by atoms with van der Waals surface area (Å²) in [6.45, 7) is 5.49. The van der Waals surface area contributed by atoms with Crippen LogP contribution in [0.5, 0.6) is 11.5 Å². The summed E-state index contributed by atoms with van der Waals surface area (Å²) in [7, 11) is -3.69. The summed E-state index contributed by atoms with van der Waals surface area (Å²) in [5.74, 6) is 1.29. The van der Waals surface area contributed by atoms with Crippen molar-refractivity contribution in [2.24, 2.45) is 0 Å². The first kappa shape index (κ1) is 19.7. The molecule has 1 aromatic carbocycles. The summed E-state index contributed by atoms with van der Waals surface area (Å²) in [4.78, 5) is 14.7. The average Bonchev–Trinajstić information content (AvgIpc) is 3.13. The fourth-order valence-electron chi connectivity index (χ4n) is 3.56. The summed E-state index contributed by atoms with van der Waals surface area (Å²) < 4.78 is 43.6. The quantitative estimate of drug-likeness (QED) is 0.736. The van der Waals surface area contributed by atoms with Crippen LogP contribution in [0.3, 0.4) is 0 Å². The lowest BCUT2D eigenvalue weighted by Crippen LogP contribution is -2.50. The first-order valence-electron chi connectivity index (χ1n) is 9.56. The molecule has 0 spiro atoms. The van der Waals surface area contributed by atoms with Crippen molar-refractivity contribution < 1.29 is 27.2 Å². The van der Waals surface area contributed by atoms with Crippen LogP contribution in [0.2, 0.25) is 0 Å². The zero-order valence-electron chi connectivity index (χ0n) is 16.4. The van der Waals surface area contributed by atoms with Gasteiger partial charge in [-0.15, -0.1) is 0 Å². The minimum absolute atomic E-state index is 0.157. The van der Waals surface area contributed by atoms with Gasteiger partial charge >= 0.3 is 0 Å². The topological polar surface area (TPSA) is 102 Å². The number of hydrogen-bond acceptors (Lipinski definition) is 7. The van der Waals surface area contributed by atoms with E-state index in [1.165, 1.54) is 16.4 Å². The van der Waals surface area contributed by atoms with Crippen molar-refractivity contribution in [2.75, 3.05) is 39.4 Å². The number of hydrogen-bond donors (Lipinski definition) is 0. The lowest BCUT2D eigenvalue weighted by atomic mass is 10.1. The molecular formula is C19H23N3O6S. The van der Waals surface area contributed by atoms with Gasteiger partial charge in [-0.1, -0.05) is 12.1 Å². The van der Waals surface area contributed by atoms with E-state index in [-0.39, 0.29) is 23.9 Å². The fraction of sp³-hybridized carbons (Fsp3) is 0.474. The van der Waals surface area contributed by atoms with E-state index in [1.54, 1.807) is 17.9 Å². The van der Waals surface area contributed by atoms with E-state index in [2.05, 4.69) is 5.16 Å². The lowest BCUT2D eigenvalue weighted by molar-refractivity contribution is 0.0695. The smallest absolute Gasteiger partial charge is 0.259 e. The number of amides is 1. The van der Waals surface area contributed by atoms with E-state index in [0.717, 1.165) is 0 Å². The normalized spacial score (nSPS) is 17.4. The molecular weight excluding hydrogens is 398 g/mol. The van der Waals surface area contributed by atoms with Gasteiger partial charge in [0, 0.05) is 32.2 Å². The van der Waals surface area contributed by atoms with E-state index >= 15 is 0 Å². The molecule has 1 amide bonds. The number of fused-ring (bicyclic) bond motifs is 1. The molecule has 1 fully saturated rings. The molecule has 0 atom stereocenters. The van der Waals surface area contributed by atoms with Crippen molar-refractivity contribution in [1.29, 1.82) is 0 Å². The first-order valence-corrected chi connectivity index (χ1v) is 11.0. The Bertz CT molecular complexity index is 1020. The minimum Gasteiger partial charge on any atom is -0.486 e. The third-order valence-corrected chi connectivity index (χ3v) is 7.05. The van der Waals surface area contributed by atoms with Crippen molar-refractivity contribution in [3.8, 4) is 11.5 Å². The zero-order chi connectivity index (χ0) is 20.6. The van der Waals surface area contributed by atoms with Gasteiger partial charge in [-0.25, -0.2) is 8.42 Å². The van der Waals surface area contributed by atoms with Gasteiger partial charge in [-0.2, -0.15) is 4.31 Å². The Morgan fingerprint density at radius 2 is 1.79 bits per heavy atom. The molecule has 2 aliphatic rings. The van der Waals surface area contributed by atoms with Crippen LogP contribution < -0.4 is 9.47 Å². The minimum atomic E-state index is -3.69. The number of carbonyl (C=O) groups is 1. The molecule has 156 valence electrons. The van der Waals surface area contributed by atoms with Gasteiger partial charge in [0.05, 0.1) is 10.6 Å². The molecule has 0 bridgehead atoms. The van der Waals surface area contributed by atoms with E-state index in [1.807, 2.05) is 6.92 Å². The Kier molecular flexibility index (Phi) is 5.22. The van der Waals surface area contributed by atoms with Gasteiger partial charge in [0.15, 0.2) is 11.5 Å². The van der Waals surface area contributed by atoms with Crippen LogP contribution in [0.25, 0.3) is 0 Å². The number of piperazine rings is 1. The van der Waals surface area contributed by atoms with E-state index < -0.39 is 10.0 Å². The highest BCUT2D eigenvalue weighted by Gasteiger charge is 2.33. The highest BCUT2D eigenvalue weighted by atomic mass is 32.2. The number of sulfonamides is 1. The molecule has 0 unspecified atom stereocenters. The molecule has 4 rings (SSSR count). The molecule has 2 aromatic rings. The maximum atomic E-state index is 13.0. The highest BCUT2D eigenvalue weighted by Crippen LogP contribution is 2.33. The Hall–Kier alpha value is -2.59. The Morgan fingerprint density at radius 3 is 2.48 bits per heavy atom. The maximum absolute atomic E-state index is 13.0. The van der Waals surface area contributed by atoms with Crippen LogP contribution >= 0.6 is 0 Å². The second-order valence-electron chi connectivity index (χ2n) is 6.92. The van der Waals surface area contributed by atoms with Gasteiger partial charge in [0.25, 0.3) is 5.91 Å². The number of ether oxygens (including phenoxy) is 2. The summed E-state index contributed by atoms with van der Waals surface area (Å²) in [6, 6.07) is 4.63. The van der Waals surface area contributed by atoms with Crippen LogP contribution in [-0.4, -0.2) is 68.1 Å². The van der Waals surface area contributed by atoms with Gasteiger partial charge < -0.3 is 18.9 Å². The van der Waals surface area contributed by atoms with Gasteiger partial charge in [-0.05, 0) is 25.5 Å². The molecule has 9 nitrogen and oxygen atoms in total. The van der Waals surface area contributed by atoms with Gasteiger partial charge in [0.1, 0.15) is 24.5 Å². The van der Waals surface area contributed by atoms with E-state index in [9.17, 15) is 13.2 Å². The van der Waals surface area contributed by atoms with Crippen molar-refractivity contribution >= 4 is 15.9 Å². The van der Waals surface area contributed by atoms with E-state index in [0.29, 0.717) is 61.2 Å². The summed E-state index contributed by atoms with van der Waals surface area (Å²) >= 11 is 0. The number of aryl methyl sites for hydroxylation is 2. The molecule has 0 N–H and O–H groups in total. The number of rotatable bonds is 4. The molecule has 1 saturated heterocycles.